The van der Waals surface area contributed by atoms with Crippen molar-refractivity contribution in [2.24, 2.45) is 0 Å². The number of ether oxygens (including phenoxy) is 2. The molecule has 0 atom stereocenters. The Morgan fingerprint density at radius 1 is 1.00 bits per heavy atom. The van der Waals surface area contributed by atoms with E-state index in [0.29, 0.717) is 29.2 Å². The summed E-state index contributed by atoms with van der Waals surface area (Å²) in [5, 5.41) is 0. The van der Waals surface area contributed by atoms with Gasteiger partial charge < -0.3 is 9.47 Å². The first-order valence-corrected chi connectivity index (χ1v) is 12.1. The molecule has 1 aliphatic rings. The topological polar surface area (TPSA) is 90.0 Å². The van der Waals surface area contributed by atoms with Crippen molar-refractivity contribution >= 4 is 35.8 Å². The summed E-state index contributed by atoms with van der Waals surface area (Å²) in [6.07, 6.45) is 1.03. The second-order valence-electron chi connectivity index (χ2n) is 6.10. The van der Waals surface area contributed by atoms with E-state index in [0.717, 1.165) is 22.2 Å². The molecule has 1 aliphatic heterocycles. The molecule has 146 valence electrons. The summed E-state index contributed by atoms with van der Waals surface area (Å²) < 4.78 is 61.9. The highest BCUT2D eigenvalue weighted by atomic mass is 79.9. The third kappa shape index (κ3) is 4.29. The molecular formula is C17H18BrNO6S2. The van der Waals surface area contributed by atoms with Crippen LogP contribution in [0.3, 0.4) is 0 Å². The maximum absolute atomic E-state index is 13.0. The van der Waals surface area contributed by atoms with Crippen LogP contribution in [-0.2, 0) is 26.4 Å². The van der Waals surface area contributed by atoms with Gasteiger partial charge in [0, 0.05) is 24.3 Å². The van der Waals surface area contributed by atoms with Crippen LogP contribution in [0.4, 0.5) is 0 Å². The van der Waals surface area contributed by atoms with E-state index in [1.165, 1.54) is 19.2 Å². The van der Waals surface area contributed by atoms with Crippen LogP contribution in [0, 0.1) is 0 Å². The highest BCUT2D eigenvalue weighted by molar-refractivity contribution is 9.10. The molecule has 0 N–H and O–H groups in total. The molecule has 0 aliphatic carbocycles. The number of hydrogen-bond donors (Lipinski definition) is 0. The summed E-state index contributed by atoms with van der Waals surface area (Å²) in [5.41, 5.74) is 0.723. The van der Waals surface area contributed by atoms with Gasteiger partial charge in [-0.2, -0.15) is 4.31 Å². The Morgan fingerprint density at radius 2 is 1.67 bits per heavy atom. The SMILES string of the molecule is CN(Cc1ccc2c(c1)OCCO2)S(=O)(=O)c1cc(S(C)(=O)=O)ccc1Br. The number of benzene rings is 2. The summed E-state index contributed by atoms with van der Waals surface area (Å²) >= 11 is 3.20. The van der Waals surface area contributed by atoms with Crippen molar-refractivity contribution in [3.63, 3.8) is 0 Å². The molecule has 0 radical (unpaired) electrons. The standard InChI is InChI=1S/C17H18BrNO6S2/c1-19(11-12-3-6-15-16(9-12)25-8-7-24-15)27(22,23)17-10-13(26(2,20)21)4-5-14(17)18/h3-6,9-10H,7-8,11H2,1-2H3. The average Bonchev–Trinajstić information content (AvgIpc) is 2.60. The molecular weight excluding hydrogens is 458 g/mol. The number of rotatable bonds is 5. The molecule has 0 fully saturated rings. The Labute approximate surface area is 167 Å². The summed E-state index contributed by atoms with van der Waals surface area (Å²) in [4.78, 5) is -0.164. The van der Waals surface area contributed by atoms with Gasteiger partial charge in [0.05, 0.1) is 9.79 Å². The summed E-state index contributed by atoms with van der Waals surface area (Å²) in [6.45, 7) is 1.01. The van der Waals surface area contributed by atoms with Gasteiger partial charge in [-0.05, 0) is 51.8 Å². The van der Waals surface area contributed by atoms with Crippen molar-refractivity contribution in [1.82, 2.24) is 4.31 Å². The second kappa shape index (κ2) is 7.42. The fraction of sp³-hybridized carbons (Fsp3) is 0.294. The minimum atomic E-state index is -3.92. The third-order valence-electron chi connectivity index (χ3n) is 4.03. The van der Waals surface area contributed by atoms with Crippen LogP contribution in [0.1, 0.15) is 5.56 Å². The van der Waals surface area contributed by atoms with E-state index < -0.39 is 19.9 Å². The van der Waals surface area contributed by atoms with Crippen LogP contribution in [0.2, 0.25) is 0 Å². The first-order chi connectivity index (χ1) is 12.6. The van der Waals surface area contributed by atoms with Crippen molar-refractivity contribution in [2.45, 2.75) is 16.3 Å². The van der Waals surface area contributed by atoms with Crippen molar-refractivity contribution in [2.75, 3.05) is 26.5 Å². The lowest BCUT2D eigenvalue weighted by Gasteiger charge is -2.21. The Kier molecular flexibility index (Phi) is 5.53. The maximum atomic E-state index is 13.0. The van der Waals surface area contributed by atoms with Gasteiger partial charge in [0.1, 0.15) is 13.2 Å². The lowest BCUT2D eigenvalue weighted by Crippen LogP contribution is -2.27. The lowest BCUT2D eigenvalue weighted by atomic mass is 10.2. The fourth-order valence-electron chi connectivity index (χ4n) is 2.61. The molecule has 10 heteroatoms. The van der Waals surface area contributed by atoms with Crippen molar-refractivity contribution in [3.05, 3.63) is 46.4 Å². The molecule has 0 unspecified atom stereocenters. The van der Waals surface area contributed by atoms with Crippen LogP contribution in [0.25, 0.3) is 0 Å². The van der Waals surface area contributed by atoms with E-state index in [-0.39, 0.29) is 16.3 Å². The van der Waals surface area contributed by atoms with Gasteiger partial charge >= 0.3 is 0 Å². The van der Waals surface area contributed by atoms with Gasteiger partial charge in [0.2, 0.25) is 10.0 Å². The predicted octanol–water partition coefficient (Wildman–Crippen LogP) is 2.44. The Hall–Kier alpha value is -1.62. The van der Waals surface area contributed by atoms with E-state index in [4.69, 9.17) is 9.47 Å². The molecule has 3 rings (SSSR count). The number of fused-ring (bicyclic) bond motifs is 1. The molecule has 27 heavy (non-hydrogen) atoms. The quantitative estimate of drug-likeness (QED) is 0.659. The highest BCUT2D eigenvalue weighted by Crippen LogP contribution is 2.32. The summed E-state index contributed by atoms with van der Waals surface area (Å²) in [7, 11) is -6.02. The zero-order valence-electron chi connectivity index (χ0n) is 14.7. The van der Waals surface area contributed by atoms with E-state index in [1.807, 2.05) is 0 Å². The van der Waals surface area contributed by atoms with Gasteiger partial charge in [-0.3, -0.25) is 0 Å². The number of halogens is 1. The van der Waals surface area contributed by atoms with Crippen LogP contribution in [-0.4, -0.2) is 47.7 Å². The molecule has 0 aromatic heterocycles. The Morgan fingerprint density at radius 3 is 2.33 bits per heavy atom. The van der Waals surface area contributed by atoms with Crippen LogP contribution < -0.4 is 9.47 Å². The third-order valence-corrected chi connectivity index (χ3v) is 7.94. The lowest BCUT2D eigenvalue weighted by molar-refractivity contribution is 0.171. The number of hydrogen-bond acceptors (Lipinski definition) is 6. The molecule has 2 aromatic carbocycles. The molecule has 0 bridgehead atoms. The minimum absolute atomic E-state index is 0.0583. The minimum Gasteiger partial charge on any atom is -0.486 e. The number of nitrogens with zero attached hydrogens (tertiary/aromatic N) is 1. The molecule has 1 heterocycles. The average molecular weight is 476 g/mol. The van der Waals surface area contributed by atoms with Crippen LogP contribution >= 0.6 is 15.9 Å². The maximum Gasteiger partial charge on any atom is 0.244 e. The van der Waals surface area contributed by atoms with Gasteiger partial charge in [0.15, 0.2) is 21.3 Å². The van der Waals surface area contributed by atoms with E-state index >= 15 is 0 Å². The van der Waals surface area contributed by atoms with Gasteiger partial charge in [-0.15, -0.1) is 0 Å². The van der Waals surface area contributed by atoms with E-state index in [1.54, 1.807) is 18.2 Å². The number of sulfonamides is 1. The van der Waals surface area contributed by atoms with Crippen molar-refractivity contribution in [1.29, 1.82) is 0 Å². The molecule has 0 amide bonds. The zero-order valence-corrected chi connectivity index (χ0v) is 17.9. The van der Waals surface area contributed by atoms with Crippen LogP contribution in [0.15, 0.2) is 50.7 Å². The Balaban J connectivity index is 1.91. The Bertz CT molecular complexity index is 1080. The van der Waals surface area contributed by atoms with Crippen LogP contribution in [0.5, 0.6) is 11.5 Å². The van der Waals surface area contributed by atoms with Gasteiger partial charge in [-0.25, -0.2) is 16.8 Å². The fourth-order valence-corrected chi connectivity index (χ4v) is 5.44. The van der Waals surface area contributed by atoms with E-state index in [2.05, 4.69) is 15.9 Å². The van der Waals surface area contributed by atoms with Crippen molar-refractivity contribution < 1.29 is 26.3 Å². The molecule has 0 saturated heterocycles. The van der Waals surface area contributed by atoms with Crippen molar-refractivity contribution in [3.8, 4) is 11.5 Å². The smallest absolute Gasteiger partial charge is 0.244 e. The summed E-state index contributed by atoms with van der Waals surface area (Å²) in [6, 6.07) is 9.18. The zero-order chi connectivity index (χ0) is 19.8. The first-order valence-electron chi connectivity index (χ1n) is 7.93. The normalized spacial score (nSPS) is 14.4. The van der Waals surface area contributed by atoms with Gasteiger partial charge in [-0.1, -0.05) is 6.07 Å². The monoisotopic (exact) mass is 475 g/mol. The molecule has 0 spiro atoms. The van der Waals surface area contributed by atoms with Gasteiger partial charge in [0.25, 0.3) is 0 Å². The largest absolute Gasteiger partial charge is 0.486 e. The molecule has 0 saturated carbocycles. The molecule has 7 nitrogen and oxygen atoms in total. The first kappa shape index (κ1) is 20.1. The predicted molar refractivity (Wildman–Crippen MR) is 103 cm³/mol. The van der Waals surface area contributed by atoms with E-state index in [9.17, 15) is 16.8 Å². The second-order valence-corrected chi connectivity index (χ2v) is 11.0. The highest BCUT2D eigenvalue weighted by Gasteiger charge is 2.26. The number of sulfone groups is 1. The molecule has 2 aromatic rings. The summed E-state index contributed by atoms with van der Waals surface area (Å²) in [5.74, 6) is 1.20.